The van der Waals surface area contributed by atoms with E-state index in [2.05, 4.69) is 5.92 Å². The highest BCUT2D eigenvalue weighted by molar-refractivity contribution is 5.81. The van der Waals surface area contributed by atoms with Gasteiger partial charge in [-0.05, 0) is 0 Å². The van der Waals surface area contributed by atoms with Gasteiger partial charge >= 0.3 is 0 Å². The molecule has 0 spiro atoms. The van der Waals surface area contributed by atoms with Gasteiger partial charge in [0.25, 0.3) is 5.91 Å². The third kappa shape index (κ3) is 2.69. The zero-order chi connectivity index (χ0) is 7.28. The van der Waals surface area contributed by atoms with E-state index in [1.54, 1.807) is 0 Å². The lowest BCUT2D eigenvalue weighted by Crippen LogP contribution is -2.43. The Hall–Kier alpha value is -1.05. The monoisotopic (exact) mass is 127 g/mol. The fourth-order valence-electron chi connectivity index (χ4n) is 0.327. The molecule has 0 aromatic heterocycles. The van der Waals surface area contributed by atoms with Crippen molar-refractivity contribution >= 4 is 5.91 Å². The molecule has 4 nitrogen and oxygen atoms in total. The number of carbonyl (C=O) groups is 1. The van der Waals surface area contributed by atoms with Gasteiger partial charge in [0.05, 0.1) is 6.04 Å². The van der Waals surface area contributed by atoms with E-state index >= 15 is 0 Å². The normalized spacial score (nSPS) is 11.7. The first-order valence-electron chi connectivity index (χ1n) is 2.42. The molecule has 4 heteroatoms. The Labute approximate surface area is 53.6 Å². The van der Waals surface area contributed by atoms with Gasteiger partial charge in [-0.1, -0.05) is 0 Å². The highest BCUT2D eigenvalue weighted by atomic mass is 16.2. The summed E-state index contributed by atoms with van der Waals surface area (Å²) >= 11 is 0. The number of amides is 1. The number of terminal acetylenes is 1. The lowest BCUT2D eigenvalue weighted by molar-refractivity contribution is -0.122. The number of nitrogens with one attached hydrogen (secondary N) is 1. The minimum Gasteiger partial charge on any atom is -0.319 e. The fourth-order valence-corrected chi connectivity index (χ4v) is 0.327. The predicted octanol–water partition coefficient (Wildman–Crippen LogP) is -1.67. The van der Waals surface area contributed by atoms with Crippen molar-refractivity contribution in [3.63, 3.8) is 0 Å². The van der Waals surface area contributed by atoms with Crippen LogP contribution in [-0.4, -0.2) is 11.9 Å². The van der Waals surface area contributed by atoms with E-state index in [1.165, 1.54) is 0 Å². The molecule has 9 heavy (non-hydrogen) atoms. The van der Waals surface area contributed by atoms with Gasteiger partial charge in [-0.2, -0.15) is 0 Å². The summed E-state index contributed by atoms with van der Waals surface area (Å²) < 4.78 is 0. The average Bonchev–Trinajstić information content (AvgIpc) is 1.87. The Balaban J connectivity index is 3.62. The van der Waals surface area contributed by atoms with E-state index in [4.69, 9.17) is 18.0 Å². The van der Waals surface area contributed by atoms with Crippen LogP contribution in [-0.2, 0) is 4.79 Å². The van der Waals surface area contributed by atoms with Crippen LogP contribution < -0.4 is 17.0 Å². The zero-order valence-corrected chi connectivity index (χ0v) is 4.92. The van der Waals surface area contributed by atoms with Crippen molar-refractivity contribution in [3.8, 4) is 12.3 Å². The minimum absolute atomic E-state index is 0.211. The standard InChI is InChI=1S/C5H9N3O/c1-2-3-4(6)5(9)8-7/h1,4H,3,6-7H2,(H,8,9). The summed E-state index contributed by atoms with van der Waals surface area (Å²) in [7, 11) is 0. The van der Waals surface area contributed by atoms with Crippen LogP contribution in [0.15, 0.2) is 0 Å². The summed E-state index contributed by atoms with van der Waals surface area (Å²) in [6, 6.07) is -0.681. The van der Waals surface area contributed by atoms with Crippen LogP contribution in [0.2, 0.25) is 0 Å². The maximum absolute atomic E-state index is 10.4. The van der Waals surface area contributed by atoms with Crippen LogP contribution in [0, 0.1) is 12.3 Å². The quantitative estimate of drug-likeness (QED) is 0.179. The third-order valence-corrected chi connectivity index (χ3v) is 0.817. The van der Waals surface area contributed by atoms with Crippen LogP contribution in [0.4, 0.5) is 0 Å². The molecule has 0 aliphatic carbocycles. The third-order valence-electron chi connectivity index (χ3n) is 0.817. The predicted molar refractivity (Wildman–Crippen MR) is 33.8 cm³/mol. The highest BCUT2D eigenvalue weighted by Crippen LogP contribution is 1.82. The molecule has 0 heterocycles. The molecule has 0 aliphatic heterocycles. The van der Waals surface area contributed by atoms with Gasteiger partial charge in [-0.15, -0.1) is 12.3 Å². The van der Waals surface area contributed by atoms with Crippen molar-refractivity contribution in [3.05, 3.63) is 0 Å². The Morgan fingerprint density at radius 1 is 1.89 bits per heavy atom. The molecule has 0 saturated heterocycles. The highest BCUT2D eigenvalue weighted by Gasteiger charge is 2.08. The number of nitrogens with two attached hydrogens (primary N) is 2. The second kappa shape index (κ2) is 3.89. The van der Waals surface area contributed by atoms with E-state index in [0.29, 0.717) is 0 Å². The van der Waals surface area contributed by atoms with Gasteiger partial charge in [0.1, 0.15) is 0 Å². The largest absolute Gasteiger partial charge is 0.319 e. The van der Waals surface area contributed by atoms with Crippen LogP contribution in [0.5, 0.6) is 0 Å². The van der Waals surface area contributed by atoms with E-state index in [1.807, 2.05) is 5.43 Å². The SMILES string of the molecule is C#CCC(N)C(=O)NN. The number of hydrogen-bond acceptors (Lipinski definition) is 3. The van der Waals surface area contributed by atoms with E-state index in [9.17, 15) is 4.79 Å². The van der Waals surface area contributed by atoms with E-state index in [0.717, 1.165) is 0 Å². The molecule has 0 aromatic carbocycles. The van der Waals surface area contributed by atoms with Gasteiger partial charge < -0.3 is 5.73 Å². The molecule has 0 rings (SSSR count). The van der Waals surface area contributed by atoms with E-state index < -0.39 is 11.9 Å². The van der Waals surface area contributed by atoms with Gasteiger partial charge in [0.15, 0.2) is 0 Å². The summed E-state index contributed by atoms with van der Waals surface area (Å²) in [6.45, 7) is 0. The van der Waals surface area contributed by atoms with E-state index in [-0.39, 0.29) is 6.42 Å². The van der Waals surface area contributed by atoms with Crippen LogP contribution in [0.25, 0.3) is 0 Å². The van der Waals surface area contributed by atoms with Crippen molar-refractivity contribution < 1.29 is 4.79 Å². The van der Waals surface area contributed by atoms with Gasteiger partial charge in [-0.3, -0.25) is 10.2 Å². The molecule has 50 valence electrons. The average molecular weight is 127 g/mol. The molecule has 1 atom stereocenters. The van der Waals surface area contributed by atoms with Crippen LogP contribution in [0.1, 0.15) is 6.42 Å². The molecule has 0 fully saturated rings. The zero-order valence-electron chi connectivity index (χ0n) is 4.92. The molecule has 0 aliphatic rings. The Bertz CT molecular complexity index is 138. The lowest BCUT2D eigenvalue weighted by atomic mass is 10.2. The Morgan fingerprint density at radius 2 is 2.44 bits per heavy atom. The number of rotatable bonds is 2. The van der Waals surface area contributed by atoms with Crippen molar-refractivity contribution in [1.29, 1.82) is 0 Å². The molecule has 5 N–H and O–H groups in total. The number of carbonyl (C=O) groups excluding carboxylic acids is 1. The summed E-state index contributed by atoms with van der Waals surface area (Å²) in [6.07, 6.45) is 5.08. The van der Waals surface area contributed by atoms with Crippen molar-refractivity contribution in [1.82, 2.24) is 5.43 Å². The van der Waals surface area contributed by atoms with Crippen molar-refractivity contribution in [2.45, 2.75) is 12.5 Å². The first kappa shape index (κ1) is 7.95. The number of hydrogen-bond donors (Lipinski definition) is 3. The Kier molecular flexibility index (Phi) is 3.44. The summed E-state index contributed by atoms with van der Waals surface area (Å²) in [5, 5.41) is 0. The second-order valence-corrected chi connectivity index (χ2v) is 1.52. The maximum atomic E-state index is 10.4. The molecular formula is C5H9N3O. The molecule has 1 unspecified atom stereocenters. The Morgan fingerprint density at radius 3 is 2.78 bits per heavy atom. The first-order chi connectivity index (χ1) is 4.22. The summed E-state index contributed by atoms with van der Waals surface area (Å²) in [5.74, 6) is 6.56. The molecule has 0 aromatic rings. The molecule has 0 bridgehead atoms. The minimum atomic E-state index is -0.681. The lowest BCUT2D eigenvalue weighted by Gasteiger charge is -2.03. The molecule has 0 saturated carbocycles. The maximum Gasteiger partial charge on any atom is 0.251 e. The van der Waals surface area contributed by atoms with Crippen molar-refractivity contribution in [2.24, 2.45) is 11.6 Å². The first-order valence-corrected chi connectivity index (χ1v) is 2.42. The van der Waals surface area contributed by atoms with Gasteiger partial charge in [-0.25, -0.2) is 5.84 Å². The number of hydrazine groups is 1. The topological polar surface area (TPSA) is 81.1 Å². The summed E-state index contributed by atoms with van der Waals surface area (Å²) in [5.41, 5.74) is 7.09. The smallest absolute Gasteiger partial charge is 0.251 e. The van der Waals surface area contributed by atoms with Gasteiger partial charge in [0.2, 0.25) is 0 Å². The molecule has 0 radical (unpaired) electrons. The van der Waals surface area contributed by atoms with Crippen LogP contribution in [0.3, 0.4) is 0 Å². The fraction of sp³-hybridized carbons (Fsp3) is 0.400. The van der Waals surface area contributed by atoms with Crippen LogP contribution >= 0.6 is 0 Å². The van der Waals surface area contributed by atoms with Crippen molar-refractivity contribution in [2.75, 3.05) is 0 Å². The molecule has 1 amide bonds. The molecular weight excluding hydrogens is 118 g/mol. The summed E-state index contributed by atoms with van der Waals surface area (Å²) in [4.78, 5) is 10.4. The van der Waals surface area contributed by atoms with Gasteiger partial charge in [0, 0.05) is 6.42 Å². The second-order valence-electron chi connectivity index (χ2n) is 1.52.